The van der Waals surface area contributed by atoms with E-state index in [1.165, 1.54) is 24.8 Å². The van der Waals surface area contributed by atoms with Gasteiger partial charge in [-0.25, -0.2) is 9.78 Å². The molecule has 0 amide bonds. The molecule has 6 nitrogen and oxygen atoms in total. The van der Waals surface area contributed by atoms with Gasteiger partial charge in [0.05, 0.1) is 18.8 Å². The Bertz CT molecular complexity index is 1110. The Hall–Kier alpha value is -3.02. The summed E-state index contributed by atoms with van der Waals surface area (Å²) >= 11 is 0. The van der Waals surface area contributed by atoms with Crippen LogP contribution in [0.4, 0.5) is 0 Å². The van der Waals surface area contributed by atoms with Crippen LogP contribution >= 0.6 is 0 Å². The molecule has 30 heavy (non-hydrogen) atoms. The molecule has 5 rings (SSSR count). The van der Waals surface area contributed by atoms with Crippen molar-refractivity contribution in [2.24, 2.45) is 0 Å². The minimum atomic E-state index is -0.399. The minimum absolute atomic E-state index is 0.195. The average Bonchev–Trinajstić information content (AvgIpc) is 2.96. The van der Waals surface area contributed by atoms with Crippen LogP contribution in [0.1, 0.15) is 61.0 Å². The highest BCUT2D eigenvalue weighted by Crippen LogP contribution is 2.47. The third kappa shape index (κ3) is 3.11. The molecule has 0 atom stereocenters. The van der Waals surface area contributed by atoms with Crippen LogP contribution in [0.3, 0.4) is 0 Å². The largest absolute Gasteiger partial charge is 0.508 e. The molecule has 1 aliphatic carbocycles. The van der Waals surface area contributed by atoms with Crippen LogP contribution in [-0.2, 0) is 11.3 Å². The highest BCUT2D eigenvalue weighted by atomic mass is 16.5. The van der Waals surface area contributed by atoms with E-state index in [0.717, 1.165) is 35.1 Å². The SMILES string of the molecule is CCOC(=O)c1ccc2c(C3CCCCC3)c3n(c2n1)CCOc1cc(O)ccc1-3. The summed E-state index contributed by atoms with van der Waals surface area (Å²) in [6.07, 6.45) is 6.04. The van der Waals surface area contributed by atoms with Crippen molar-refractivity contribution in [3.8, 4) is 22.8 Å². The summed E-state index contributed by atoms with van der Waals surface area (Å²) in [5, 5.41) is 11.1. The molecule has 1 aromatic carbocycles. The molecule has 0 unspecified atom stereocenters. The predicted molar refractivity (Wildman–Crippen MR) is 114 cm³/mol. The minimum Gasteiger partial charge on any atom is -0.508 e. The molecule has 156 valence electrons. The quantitative estimate of drug-likeness (QED) is 0.618. The van der Waals surface area contributed by atoms with E-state index in [1.54, 1.807) is 25.1 Å². The third-order valence-corrected chi connectivity index (χ3v) is 6.24. The molecule has 2 aromatic heterocycles. The number of fused-ring (bicyclic) bond motifs is 5. The molecule has 0 radical (unpaired) electrons. The molecule has 1 aliphatic heterocycles. The van der Waals surface area contributed by atoms with Crippen molar-refractivity contribution >= 4 is 17.0 Å². The number of rotatable bonds is 3. The molecule has 1 N–H and O–H groups in total. The van der Waals surface area contributed by atoms with Gasteiger partial charge in [0.2, 0.25) is 0 Å². The number of phenolic OH excluding ortho intramolecular Hbond substituents is 1. The number of aromatic nitrogens is 2. The summed E-state index contributed by atoms with van der Waals surface area (Å²) in [5.74, 6) is 0.941. The lowest BCUT2D eigenvalue weighted by Gasteiger charge is -2.23. The van der Waals surface area contributed by atoms with E-state index in [-0.39, 0.29) is 5.75 Å². The van der Waals surface area contributed by atoms with Gasteiger partial charge in [0.1, 0.15) is 23.8 Å². The van der Waals surface area contributed by atoms with Crippen LogP contribution in [0.5, 0.6) is 11.5 Å². The molecule has 6 heteroatoms. The van der Waals surface area contributed by atoms with Crippen molar-refractivity contribution in [3.63, 3.8) is 0 Å². The first kappa shape index (κ1) is 19.0. The number of pyridine rings is 1. The number of ether oxygens (including phenoxy) is 2. The number of nitrogens with zero attached hydrogens (tertiary/aromatic N) is 2. The van der Waals surface area contributed by atoms with E-state index in [0.29, 0.717) is 37.1 Å². The molecule has 0 bridgehead atoms. The van der Waals surface area contributed by atoms with Crippen molar-refractivity contribution in [2.45, 2.75) is 51.5 Å². The van der Waals surface area contributed by atoms with Gasteiger partial charge in [0, 0.05) is 17.0 Å². The third-order valence-electron chi connectivity index (χ3n) is 6.24. The first-order valence-corrected chi connectivity index (χ1v) is 10.8. The summed E-state index contributed by atoms with van der Waals surface area (Å²) in [6.45, 7) is 3.23. The van der Waals surface area contributed by atoms with Gasteiger partial charge < -0.3 is 19.1 Å². The second-order valence-electron chi connectivity index (χ2n) is 8.07. The first-order chi connectivity index (χ1) is 14.7. The maximum Gasteiger partial charge on any atom is 0.356 e. The van der Waals surface area contributed by atoms with Gasteiger partial charge in [0.25, 0.3) is 0 Å². The number of carbonyl (C=O) groups is 1. The number of esters is 1. The van der Waals surface area contributed by atoms with Crippen molar-refractivity contribution in [2.75, 3.05) is 13.2 Å². The molecular weight excluding hydrogens is 380 g/mol. The van der Waals surface area contributed by atoms with E-state index in [4.69, 9.17) is 14.5 Å². The Morgan fingerprint density at radius 2 is 2.07 bits per heavy atom. The van der Waals surface area contributed by atoms with Crippen molar-refractivity contribution in [3.05, 3.63) is 41.6 Å². The summed E-state index contributed by atoms with van der Waals surface area (Å²) in [6, 6.07) is 9.13. The van der Waals surface area contributed by atoms with Crippen LogP contribution in [0.15, 0.2) is 30.3 Å². The Labute approximate surface area is 175 Å². The molecule has 0 spiro atoms. The summed E-state index contributed by atoms with van der Waals surface area (Å²) < 4.78 is 13.3. The zero-order valence-corrected chi connectivity index (χ0v) is 17.2. The fourth-order valence-electron chi connectivity index (χ4n) is 4.95. The second-order valence-corrected chi connectivity index (χ2v) is 8.07. The van der Waals surface area contributed by atoms with E-state index >= 15 is 0 Å². The van der Waals surface area contributed by atoms with Crippen LogP contribution in [0.2, 0.25) is 0 Å². The summed E-state index contributed by atoms with van der Waals surface area (Å²) in [5.41, 5.74) is 4.51. The predicted octanol–water partition coefficient (Wildman–Crippen LogP) is 5.03. The van der Waals surface area contributed by atoms with Crippen LogP contribution in [0.25, 0.3) is 22.3 Å². The van der Waals surface area contributed by atoms with Gasteiger partial charge in [-0.2, -0.15) is 0 Å². The highest BCUT2D eigenvalue weighted by molar-refractivity contribution is 5.95. The number of phenols is 1. The van der Waals surface area contributed by atoms with Crippen molar-refractivity contribution in [1.82, 2.24) is 9.55 Å². The average molecular weight is 406 g/mol. The fourth-order valence-corrected chi connectivity index (χ4v) is 4.95. The van der Waals surface area contributed by atoms with Crippen molar-refractivity contribution < 1.29 is 19.4 Å². The van der Waals surface area contributed by atoms with Gasteiger partial charge in [-0.3, -0.25) is 0 Å². The first-order valence-electron chi connectivity index (χ1n) is 10.8. The van der Waals surface area contributed by atoms with Gasteiger partial charge in [-0.1, -0.05) is 19.3 Å². The van der Waals surface area contributed by atoms with Gasteiger partial charge in [-0.05, 0) is 55.5 Å². The molecule has 1 saturated carbocycles. The molecular formula is C24H26N2O4. The number of benzene rings is 1. The lowest BCUT2D eigenvalue weighted by Crippen LogP contribution is -2.10. The lowest BCUT2D eigenvalue weighted by atomic mass is 9.82. The highest BCUT2D eigenvalue weighted by Gasteiger charge is 2.30. The van der Waals surface area contributed by atoms with Gasteiger partial charge in [-0.15, -0.1) is 0 Å². The molecule has 1 fully saturated rings. The standard InChI is InChI=1S/C24H26N2O4/c1-2-29-24(28)19-11-10-18-21(15-6-4-3-5-7-15)22-17-9-8-16(27)14-20(17)30-13-12-26(22)23(18)25-19/h8-11,14-15,27H,2-7,12-13H2,1H3. The van der Waals surface area contributed by atoms with Crippen LogP contribution in [0, 0.1) is 0 Å². The van der Waals surface area contributed by atoms with E-state index in [2.05, 4.69) is 4.57 Å². The van der Waals surface area contributed by atoms with Gasteiger partial charge >= 0.3 is 5.97 Å². The number of carbonyl (C=O) groups excluding carboxylic acids is 1. The fraction of sp³-hybridized carbons (Fsp3) is 0.417. The van der Waals surface area contributed by atoms with E-state index in [1.807, 2.05) is 12.1 Å². The van der Waals surface area contributed by atoms with Crippen LogP contribution < -0.4 is 4.74 Å². The normalized spacial score (nSPS) is 16.4. The summed E-state index contributed by atoms with van der Waals surface area (Å²) in [4.78, 5) is 17.1. The molecule has 2 aliphatic rings. The topological polar surface area (TPSA) is 73.6 Å². The zero-order chi connectivity index (χ0) is 20.7. The second kappa shape index (κ2) is 7.67. The van der Waals surface area contributed by atoms with Crippen molar-refractivity contribution in [1.29, 1.82) is 0 Å². The number of aromatic hydroxyl groups is 1. The Morgan fingerprint density at radius 1 is 1.23 bits per heavy atom. The Kier molecular flexibility index (Phi) is 4.85. The van der Waals surface area contributed by atoms with E-state index in [9.17, 15) is 9.90 Å². The van der Waals surface area contributed by atoms with E-state index < -0.39 is 5.97 Å². The number of hydrogen-bond acceptors (Lipinski definition) is 5. The lowest BCUT2D eigenvalue weighted by molar-refractivity contribution is 0.0520. The smallest absolute Gasteiger partial charge is 0.356 e. The Balaban J connectivity index is 1.78. The Morgan fingerprint density at radius 3 is 2.87 bits per heavy atom. The molecule has 3 heterocycles. The maximum atomic E-state index is 12.3. The maximum absolute atomic E-state index is 12.3. The monoisotopic (exact) mass is 406 g/mol. The molecule has 0 saturated heterocycles. The zero-order valence-electron chi connectivity index (χ0n) is 17.2. The molecule has 3 aromatic rings. The van der Waals surface area contributed by atoms with Gasteiger partial charge in [0.15, 0.2) is 5.69 Å². The summed E-state index contributed by atoms with van der Waals surface area (Å²) in [7, 11) is 0. The van der Waals surface area contributed by atoms with Crippen LogP contribution in [-0.4, -0.2) is 33.8 Å². The number of hydrogen-bond donors (Lipinski definition) is 1.